The summed E-state index contributed by atoms with van der Waals surface area (Å²) in [5, 5.41) is 14.7. The van der Waals surface area contributed by atoms with Crippen molar-refractivity contribution in [1.29, 1.82) is 0 Å². The van der Waals surface area contributed by atoms with Crippen molar-refractivity contribution in [2.24, 2.45) is 0 Å². The lowest BCUT2D eigenvalue weighted by Crippen LogP contribution is -2.29. The highest BCUT2D eigenvalue weighted by atomic mass is 35.5. The third-order valence-corrected chi connectivity index (χ3v) is 2.71. The second-order valence-corrected chi connectivity index (χ2v) is 4.83. The van der Waals surface area contributed by atoms with E-state index in [2.05, 4.69) is 10.1 Å². The first-order chi connectivity index (χ1) is 8.60. The average Bonchev–Trinajstić information content (AvgIpc) is 2.81. The molecule has 0 amide bonds. The van der Waals surface area contributed by atoms with Crippen LogP contribution in [0.1, 0.15) is 5.56 Å². The molecule has 1 atom stereocenters. The van der Waals surface area contributed by atoms with Crippen LogP contribution in [0.15, 0.2) is 53.6 Å². The van der Waals surface area contributed by atoms with Crippen molar-refractivity contribution in [2.45, 2.75) is 12.1 Å². The van der Waals surface area contributed by atoms with Crippen LogP contribution in [0, 0.1) is 0 Å². The van der Waals surface area contributed by atoms with E-state index in [4.69, 9.17) is 23.2 Å². The smallest absolute Gasteiger partial charge is 0.137 e. The Bertz CT molecular complexity index is 524. The van der Waals surface area contributed by atoms with Gasteiger partial charge in [-0.05, 0) is 11.6 Å². The van der Waals surface area contributed by atoms with Gasteiger partial charge in [0.1, 0.15) is 22.7 Å². The van der Waals surface area contributed by atoms with Crippen molar-refractivity contribution in [3.63, 3.8) is 0 Å². The Kier molecular flexibility index (Phi) is 4.01. The molecule has 2 rings (SSSR count). The minimum atomic E-state index is -1.33. The van der Waals surface area contributed by atoms with Gasteiger partial charge in [-0.1, -0.05) is 53.5 Å². The summed E-state index contributed by atoms with van der Waals surface area (Å²) in [6.45, 7) is 0.181. The maximum absolute atomic E-state index is 10.7. The second-order valence-electron chi connectivity index (χ2n) is 3.82. The Morgan fingerprint density at radius 1 is 1.33 bits per heavy atom. The van der Waals surface area contributed by atoms with E-state index in [1.54, 1.807) is 12.1 Å². The quantitative estimate of drug-likeness (QED) is 0.938. The molecule has 18 heavy (non-hydrogen) atoms. The maximum Gasteiger partial charge on any atom is 0.137 e. The molecule has 1 aromatic carbocycles. The summed E-state index contributed by atoms with van der Waals surface area (Å²) in [5.41, 5.74) is -0.646. The molecule has 1 heterocycles. The molecule has 0 aliphatic heterocycles. The molecule has 1 unspecified atom stereocenters. The summed E-state index contributed by atoms with van der Waals surface area (Å²) in [4.78, 5) is 3.83. The number of rotatable bonds is 4. The third kappa shape index (κ3) is 3.10. The first-order valence-corrected chi connectivity index (χ1v) is 6.00. The van der Waals surface area contributed by atoms with Gasteiger partial charge in [0.15, 0.2) is 0 Å². The molecule has 6 heteroatoms. The van der Waals surface area contributed by atoms with Crippen molar-refractivity contribution in [3.05, 3.63) is 59.1 Å². The SMILES string of the molecule is OC(C=C(Cl)Cl)(Cn1cncn1)c1ccccc1. The van der Waals surface area contributed by atoms with Crippen LogP contribution in [-0.2, 0) is 12.1 Å². The monoisotopic (exact) mass is 283 g/mol. The molecule has 1 aromatic heterocycles. The summed E-state index contributed by atoms with van der Waals surface area (Å²) < 4.78 is 1.52. The van der Waals surface area contributed by atoms with Crippen LogP contribution in [0.25, 0.3) is 0 Å². The van der Waals surface area contributed by atoms with Crippen molar-refractivity contribution in [1.82, 2.24) is 14.8 Å². The number of aliphatic hydroxyl groups is 1. The van der Waals surface area contributed by atoms with E-state index in [1.165, 1.54) is 23.4 Å². The lowest BCUT2D eigenvalue weighted by molar-refractivity contribution is 0.0655. The first-order valence-electron chi connectivity index (χ1n) is 5.24. The molecule has 0 saturated carbocycles. The maximum atomic E-state index is 10.7. The van der Waals surface area contributed by atoms with Crippen LogP contribution in [0.3, 0.4) is 0 Å². The highest BCUT2D eigenvalue weighted by Crippen LogP contribution is 2.28. The first kappa shape index (κ1) is 13.1. The number of benzene rings is 1. The van der Waals surface area contributed by atoms with Gasteiger partial charge >= 0.3 is 0 Å². The number of hydrogen-bond acceptors (Lipinski definition) is 3. The topological polar surface area (TPSA) is 50.9 Å². The normalized spacial score (nSPS) is 13.9. The van der Waals surface area contributed by atoms with Gasteiger partial charge in [-0.2, -0.15) is 5.10 Å². The van der Waals surface area contributed by atoms with Crippen molar-refractivity contribution >= 4 is 23.2 Å². The third-order valence-electron chi connectivity index (χ3n) is 2.49. The van der Waals surface area contributed by atoms with E-state index in [0.29, 0.717) is 5.56 Å². The summed E-state index contributed by atoms with van der Waals surface area (Å²) in [7, 11) is 0. The molecule has 2 aromatic rings. The molecule has 0 aliphatic carbocycles. The van der Waals surface area contributed by atoms with Gasteiger partial charge in [0.25, 0.3) is 0 Å². The summed E-state index contributed by atoms with van der Waals surface area (Å²) in [6, 6.07) is 9.12. The zero-order chi connectivity index (χ0) is 13.0. The predicted octanol–water partition coefficient (Wildman–Crippen LogP) is 2.48. The van der Waals surface area contributed by atoms with Crippen LogP contribution in [0.4, 0.5) is 0 Å². The minimum absolute atomic E-state index is 0.00136. The Balaban J connectivity index is 2.38. The largest absolute Gasteiger partial charge is 0.379 e. The Morgan fingerprint density at radius 3 is 2.61 bits per heavy atom. The standard InChI is InChI=1S/C12H11Cl2N3O/c13-11(14)6-12(18,7-17-9-15-8-16-17)10-4-2-1-3-5-10/h1-6,8-9,18H,7H2. The minimum Gasteiger partial charge on any atom is -0.379 e. The Hall–Kier alpha value is -1.36. The van der Waals surface area contributed by atoms with Crippen LogP contribution in [-0.4, -0.2) is 19.9 Å². The molecule has 0 saturated heterocycles. The van der Waals surface area contributed by atoms with E-state index in [9.17, 15) is 5.11 Å². The second kappa shape index (κ2) is 5.52. The van der Waals surface area contributed by atoms with Crippen LogP contribution < -0.4 is 0 Å². The Labute approximate surface area is 114 Å². The van der Waals surface area contributed by atoms with Gasteiger partial charge in [-0.15, -0.1) is 0 Å². The van der Waals surface area contributed by atoms with Crippen LogP contribution >= 0.6 is 23.2 Å². The zero-order valence-corrected chi connectivity index (χ0v) is 10.9. The summed E-state index contributed by atoms with van der Waals surface area (Å²) >= 11 is 11.3. The zero-order valence-electron chi connectivity index (χ0n) is 9.37. The summed E-state index contributed by atoms with van der Waals surface area (Å²) in [6.07, 6.45) is 4.30. The lowest BCUT2D eigenvalue weighted by Gasteiger charge is -2.25. The fourth-order valence-corrected chi connectivity index (χ4v) is 2.05. The average molecular weight is 284 g/mol. The molecular formula is C12H11Cl2N3O. The number of nitrogens with zero attached hydrogens (tertiary/aromatic N) is 3. The predicted molar refractivity (Wildman–Crippen MR) is 70.1 cm³/mol. The highest BCUT2D eigenvalue weighted by Gasteiger charge is 2.28. The molecule has 0 fully saturated rings. The molecule has 4 nitrogen and oxygen atoms in total. The van der Waals surface area contributed by atoms with E-state index < -0.39 is 5.60 Å². The van der Waals surface area contributed by atoms with E-state index in [1.807, 2.05) is 18.2 Å². The molecule has 0 bridgehead atoms. The van der Waals surface area contributed by atoms with E-state index in [-0.39, 0.29) is 11.0 Å². The van der Waals surface area contributed by atoms with Gasteiger partial charge in [-0.25, -0.2) is 9.67 Å². The van der Waals surface area contributed by atoms with E-state index >= 15 is 0 Å². The van der Waals surface area contributed by atoms with Crippen molar-refractivity contribution < 1.29 is 5.11 Å². The van der Waals surface area contributed by atoms with E-state index in [0.717, 1.165) is 0 Å². The van der Waals surface area contributed by atoms with Gasteiger partial charge < -0.3 is 5.11 Å². The van der Waals surface area contributed by atoms with Gasteiger partial charge in [0.05, 0.1) is 6.54 Å². The molecule has 0 radical (unpaired) electrons. The number of halogens is 2. The lowest BCUT2D eigenvalue weighted by atomic mass is 9.94. The molecule has 0 spiro atoms. The molecular weight excluding hydrogens is 273 g/mol. The van der Waals surface area contributed by atoms with Gasteiger partial charge in [-0.3, -0.25) is 0 Å². The molecule has 1 N–H and O–H groups in total. The fraction of sp³-hybridized carbons (Fsp3) is 0.167. The number of aromatic nitrogens is 3. The van der Waals surface area contributed by atoms with Crippen molar-refractivity contribution in [3.8, 4) is 0 Å². The summed E-state index contributed by atoms with van der Waals surface area (Å²) in [5.74, 6) is 0. The van der Waals surface area contributed by atoms with Crippen LogP contribution in [0.5, 0.6) is 0 Å². The molecule has 0 aliphatic rings. The van der Waals surface area contributed by atoms with Crippen molar-refractivity contribution in [2.75, 3.05) is 0 Å². The molecule has 94 valence electrons. The Morgan fingerprint density at radius 2 is 2.06 bits per heavy atom. The fourth-order valence-electron chi connectivity index (χ4n) is 1.69. The van der Waals surface area contributed by atoms with Gasteiger partial charge in [0, 0.05) is 0 Å². The van der Waals surface area contributed by atoms with Crippen LogP contribution in [0.2, 0.25) is 0 Å². The highest BCUT2D eigenvalue weighted by molar-refractivity contribution is 6.55. The number of hydrogen-bond donors (Lipinski definition) is 1. The van der Waals surface area contributed by atoms with Gasteiger partial charge in [0.2, 0.25) is 0 Å².